The van der Waals surface area contributed by atoms with Crippen molar-refractivity contribution in [2.45, 2.75) is 59.6 Å². The Labute approximate surface area is 250 Å². The van der Waals surface area contributed by atoms with Crippen LogP contribution in [0.3, 0.4) is 0 Å². The van der Waals surface area contributed by atoms with Crippen molar-refractivity contribution in [3.8, 4) is 17.2 Å². The van der Waals surface area contributed by atoms with E-state index in [1.807, 2.05) is 27.7 Å². The summed E-state index contributed by atoms with van der Waals surface area (Å²) in [4.78, 5) is 28.8. The molecule has 228 valence electrons. The zero-order chi connectivity index (χ0) is 31.4. The summed E-state index contributed by atoms with van der Waals surface area (Å²) in [6.07, 6.45) is 6.44. The fourth-order valence-corrected chi connectivity index (χ4v) is 5.97. The van der Waals surface area contributed by atoms with Gasteiger partial charge in [-0.25, -0.2) is 22.9 Å². The number of halogens is 1. The lowest BCUT2D eigenvalue weighted by molar-refractivity contribution is 0.0159. The van der Waals surface area contributed by atoms with E-state index in [9.17, 15) is 18.2 Å². The number of nitrogens with zero attached hydrogens (tertiary/aromatic N) is 6. The first-order valence-corrected chi connectivity index (χ1v) is 16.3. The van der Waals surface area contributed by atoms with Crippen LogP contribution in [0.1, 0.15) is 56.1 Å². The Morgan fingerprint density at radius 1 is 1.05 bits per heavy atom. The van der Waals surface area contributed by atoms with Gasteiger partial charge in [-0.1, -0.05) is 0 Å². The number of fused-ring (bicyclic) bond motifs is 1. The molecule has 5 rings (SSSR count). The summed E-state index contributed by atoms with van der Waals surface area (Å²) in [5.74, 6) is 0.167. The lowest BCUT2D eigenvalue weighted by atomic mass is 10.00. The topological polar surface area (TPSA) is 104 Å². The van der Waals surface area contributed by atoms with Crippen LogP contribution in [0, 0.1) is 19.7 Å². The number of hydrogen-bond acceptors (Lipinski definition) is 6. The van der Waals surface area contributed by atoms with E-state index in [-0.39, 0.29) is 11.5 Å². The Hall–Kier alpha value is -4.19. The molecule has 2 aromatic carbocycles. The third kappa shape index (κ3) is 6.01. The van der Waals surface area contributed by atoms with Crippen LogP contribution >= 0.6 is 0 Å². The van der Waals surface area contributed by atoms with Gasteiger partial charge in [0.1, 0.15) is 17.2 Å². The molecule has 1 amide bonds. The van der Waals surface area contributed by atoms with Crippen molar-refractivity contribution in [1.82, 2.24) is 23.8 Å². The van der Waals surface area contributed by atoms with Crippen molar-refractivity contribution in [1.29, 1.82) is 0 Å². The van der Waals surface area contributed by atoms with E-state index < -0.39 is 27.5 Å². The first kappa shape index (κ1) is 30.3. The maximum Gasteiger partial charge on any atom is 0.410 e. The van der Waals surface area contributed by atoms with Gasteiger partial charge >= 0.3 is 11.8 Å². The SMILES string of the molecule is Cc1cc(-n2nc3c(c2-n2ccn(-c4ccc(N=S(C)(C)=O)cc4)c2=O)[C@H](C)N(C(=O)OC(C)(C)C)CC3)cc(C)c1F. The number of aromatic nitrogens is 4. The Bertz CT molecular complexity index is 1870. The fraction of sp³-hybridized carbons (Fsp3) is 0.387. The van der Waals surface area contributed by atoms with Gasteiger partial charge in [0.05, 0.1) is 28.8 Å². The van der Waals surface area contributed by atoms with Crippen LogP contribution in [0.2, 0.25) is 0 Å². The lowest BCUT2D eigenvalue weighted by Gasteiger charge is -2.34. The molecule has 1 aliphatic heterocycles. The van der Waals surface area contributed by atoms with Crippen molar-refractivity contribution in [3.05, 3.63) is 87.5 Å². The number of imidazole rings is 1. The van der Waals surface area contributed by atoms with E-state index in [1.54, 1.807) is 84.7 Å². The summed E-state index contributed by atoms with van der Waals surface area (Å²) < 4.78 is 41.3. The average Bonchev–Trinajstić information content (AvgIpc) is 3.46. The van der Waals surface area contributed by atoms with Crippen molar-refractivity contribution < 1.29 is 18.1 Å². The minimum atomic E-state index is -2.33. The molecule has 0 spiro atoms. The van der Waals surface area contributed by atoms with Gasteiger partial charge in [-0.15, -0.1) is 0 Å². The van der Waals surface area contributed by atoms with Crippen molar-refractivity contribution in [3.63, 3.8) is 0 Å². The highest BCUT2D eigenvalue weighted by molar-refractivity contribution is 7.92. The van der Waals surface area contributed by atoms with Gasteiger partial charge in [-0.2, -0.15) is 9.46 Å². The van der Waals surface area contributed by atoms with Crippen LogP contribution in [0.25, 0.3) is 17.2 Å². The molecule has 4 aromatic rings. The quantitative estimate of drug-likeness (QED) is 0.292. The number of hydrogen-bond donors (Lipinski definition) is 0. The molecule has 0 unspecified atom stereocenters. The Balaban J connectivity index is 1.67. The summed E-state index contributed by atoms with van der Waals surface area (Å²) in [6, 6.07) is 9.84. The van der Waals surface area contributed by atoms with Gasteiger partial charge in [0.15, 0.2) is 0 Å². The Kier molecular flexibility index (Phi) is 7.62. The summed E-state index contributed by atoms with van der Waals surface area (Å²) in [5, 5.41) is 4.90. The van der Waals surface area contributed by atoms with E-state index in [1.165, 1.54) is 9.13 Å². The number of aryl methyl sites for hydroxylation is 2. The number of rotatable bonds is 4. The molecule has 1 aliphatic rings. The van der Waals surface area contributed by atoms with Crippen molar-refractivity contribution in [2.24, 2.45) is 4.36 Å². The molecule has 0 bridgehead atoms. The second-order valence-corrected chi connectivity index (χ2v) is 14.7. The molecule has 43 heavy (non-hydrogen) atoms. The highest BCUT2D eigenvalue weighted by Crippen LogP contribution is 2.36. The number of carbonyl (C=O) groups is 1. The molecule has 0 fully saturated rings. The van der Waals surface area contributed by atoms with Gasteiger partial charge < -0.3 is 9.64 Å². The largest absolute Gasteiger partial charge is 0.444 e. The third-order valence-electron chi connectivity index (χ3n) is 7.20. The second kappa shape index (κ2) is 10.8. The van der Waals surface area contributed by atoms with Gasteiger partial charge in [0.2, 0.25) is 0 Å². The van der Waals surface area contributed by atoms with Gasteiger partial charge in [0.25, 0.3) is 0 Å². The molecular formula is C31H37FN6O4S. The van der Waals surface area contributed by atoms with E-state index in [4.69, 9.17) is 9.84 Å². The maximum absolute atomic E-state index is 14.6. The highest BCUT2D eigenvalue weighted by Gasteiger charge is 2.37. The van der Waals surface area contributed by atoms with Crippen LogP contribution in [0.5, 0.6) is 0 Å². The summed E-state index contributed by atoms with van der Waals surface area (Å²) >= 11 is 0. The minimum absolute atomic E-state index is 0.299. The summed E-state index contributed by atoms with van der Waals surface area (Å²) in [7, 11) is -2.33. The van der Waals surface area contributed by atoms with Crippen LogP contribution in [-0.2, 0) is 20.9 Å². The molecule has 1 atom stereocenters. The average molecular weight is 609 g/mol. The van der Waals surface area contributed by atoms with Crippen molar-refractivity contribution >= 4 is 21.5 Å². The van der Waals surface area contributed by atoms with Gasteiger partial charge in [-0.3, -0.25) is 9.13 Å². The molecule has 10 nitrogen and oxygen atoms in total. The molecule has 0 radical (unpaired) electrons. The molecule has 3 heterocycles. The molecule has 0 N–H and O–H groups in total. The second-order valence-electron chi connectivity index (χ2n) is 12.2. The first-order valence-electron chi connectivity index (χ1n) is 14.0. The van der Waals surface area contributed by atoms with Gasteiger partial charge in [-0.05, 0) is 89.1 Å². The van der Waals surface area contributed by atoms with E-state index in [0.29, 0.717) is 52.5 Å². The predicted molar refractivity (Wildman–Crippen MR) is 165 cm³/mol. The molecule has 12 heteroatoms. The Morgan fingerprint density at radius 2 is 1.65 bits per heavy atom. The Morgan fingerprint density at radius 3 is 2.23 bits per heavy atom. The highest BCUT2D eigenvalue weighted by atomic mass is 32.2. The summed E-state index contributed by atoms with van der Waals surface area (Å²) in [6.45, 7) is 11.1. The molecule has 0 saturated carbocycles. The predicted octanol–water partition coefficient (Wildman–Crippen LogP) is 5.78. The third-order valence-corrected chi connectivity index (χ3v) is 7.85. The number of carbonyl (C=O) groups excluding carboxylic acids is 1. The summed E-state index contributed by atoms with van der Waals surface area (Å²) in [5.41, 5.74) is 3.09. The minimum Gasteiger partial charge on any atom is -0.444 e. The molecular weight excluding hydrogens is 571 g/mol. The zero-order valence-electron chi connectivity index (χ0n) is 25.7. The monoisotopic (exact) mass is 608 g/mol. The standard InChI is InChI=1S/C31H37FN6O4S/c1-19-17-24(18-20(2)27(19)32)38-28(26-21(3)35(14-13-25(26)33-38)30(40)42-31(4,5)6)37-16-15-36(29(37)39)23-11-9-22(10-12-23)34-43(7,8)41/h9-12,15-18,21H,13-14H2,1-8H3/t21-/m0/s1. The lowest BCUT2D eigenvalue weighted by Crippen LogP contribution is -2.42. The normalized spacial score (nSPS) is 15.4. The molecule has 0 saturated heterocycles. The number of ether oxygens (including phenoxy) is 1. The van der Waals surface area contributed by atoms with Crippen LogP contribution in [0.4, 0.5) is 14.9 Å². The molecule has 2 aromatic heterocycles. The van der Waals surface area contributed by atoms with Crippen LogP contribution < -0.4 is 5.69 Å². The zero-order valence-corrected chi connectivity index (χ0v) is 26.5. The maximum atomic E-state index is 14.6. The van der Waals surface area contributed by atoms with E-state index in [2.05, 4.69) is 4.36 Å². The fourth-order valence-electron chi connectivity index (χ4n) is 5.34. The van der Waals surface area contributed by atoms with Crippen molar-refractivity contribution in [2.75, 3.05) is 19.1 Å². The molecule has 0 aliphatic carbocycles. The van der Waals surface area contributed by atoms with Crippen LogP contribution in [-0.4, -0.2) is 58.8 Å². The first-order chi connectivity index (χ1) is 20.0. The number of benzene rings is 2. The van der Waals surface area contributed by atoms with Crippen LogP contribution in [0.15, 0.2) is 57.9 Å². The van der Waals surface area contributed by atoms with Gasteiger partial charge in [0, 0.05) is 53.2 Å². The number of amides is 1. The smallest absolute Gasteiger partial charge is 0.410 e. The van der Waals surface area contributed by atoms with E-state index in [0.717, 1.165) is 5.69 Å². The van der Waals surface area contributed by atoms with E-state index >= 15 is 0 Å².